The van der Waals surface area contributed by atoms with Gasteiger partial charge in [-0.3, -0.25) is 4.79 Å². The molecule has 7 nitrogen and oxygen atoms in total. The molecular weight excluding hydrogens is 474 g/mol. The molecular formula is C24H20BrN3O4. The van der Waals surface area contributed by atoms with Crippen LogP contribution in [0.2, 0.25) is 0 Å². The molecule has 2 heterocycles. The van der Waals surface area contributed by atoms with Crippen molar-refractivity contribution in [2.45, 2.75) is 26.2 Å². The van der Waals surface area contributed by atoms with Crippen LogP contribution in [0.15, 0.2) is 73.4 Å². The SMILES string of the molecule is CC(C)(C)c1nc2ccc(Br)cc2c(=O)n1N=Cc1ccc(-c2ccccc2C(=O)O)o1. The number of nitrogens with zero attached hydrogens (tertiary/aromatic N) is 3. The van der Waals surface area contributed by atoms with Crippen LogP contribution in [0.25, 0.3) is 22.2 Å². The maximum atomic E-state index is 13.2. The fourth-order valence-corrected chi connectivity index (χ4v) is 3.67. The van der Waals surface area contributed by atoms with E-state index in [-0.39, 0.29) is 11.1 Å². The van der Waals surface area contributed by atoms with Gasteiger partial charge in [0.15, 0.2) is 0 Å². The molecule has 32 heavy (non-hydrogen) atoms. The van der Waals surface area contributed by atoms with Gasteiger partial charge in [0, 0.05) is 15.5 Å². The molecule has 2 aromatic heterocycles. The van der Waals surface area contributed by atoms with Crippen molar-refractivity contribution in [3.8, 4) is 11.3 Å². The molecule has 0 atom stereocenters. The van der Waals surface area contributed by atoms with Gasteiger partial charge in [0.05, 0.1) is 22.7 Å². The summed E-state index contributed by atoms with van der Waals surface area (Å²) < 4.78 is 7.85. The van der Waals surface area contributed by atoms with Gasteiger partial charge in [0.25, 0.3) is 5.56 Å². The minimum Gasteiger partial charge on any atom is -0.478 e. The highest BCUT2D eigenvalue weighted by Gasteiger charge is 2.23. The molecule has 0 saturated carbocycles. The second-order valence-electron chi connectivity index (χ2n) is 8.26. The first-order valence-corrected chi connectivity index (χ1v) is 10.6. The van der Waals surface area contributed by atoms with Gasteiger partial charge < -0.3 is 9.52 Å². The van der Waals surface area contributed by atoms with Crippen molar-refractivity contribution in [1.82, 2.24) is 9.66 Å². The number of aromatic nitrogens is 2. The monoisotopic (exact) mass is 493 g/mol. The minimum absolute atomic E-state index is 0.140. The van der Waals surface area contributed by atoms with Crippen LogP contribution in [0.1, 0.15) is 42.7 Å². The lowest BCUT2D eigenvalue weighted by Crippen LogP contribution is -2.29. The molecule has 0 aliphatic carbocycles. The molecule has 0 radical (unpaired) electrons. The second-order valence-corrected chi connectivity index (χ2v) is 9.18. The molecule has 1 N–H and O–H groups in total. The van der Waals surface area contributed by atoms with Crippen LogP contribution in [-0.2, 0) is 5.41 Å². The highest BCUT2D eigenvalue weighted by atomic mass is 79.9. The lowest BCUT2D eigenvalue weighted by atomic mass is 9.95. The van der Waals surface area contributed by atoms with Gasteiger partial charge in [0.1, 0.15) is 17.3 Å². The Kier molecular flexibility index (Phi) is 5.56. The van der Waals surface area contributed by atoms with Crippen LogP contribution in [0.4, 0.5) is 0 Å². The van der Waals surface area contributed by atoms with Gasteiger partial charge in [-0.1, -0.05) is 54.9 Å². The predicted octanol–water partition coefficient (Wildman–Crippen LogP) is 5.30. The summed E-state index contributed by atoms with van der Waals surface area (Å²) in [4.78, 5) is 29.4. The number of aromatic carboxylic acids is 1. The molecule has 162 valence electrons. The third-order valence-corrected chi connectivity index (χ3v) is 5.32. The minimum atomic E-state index is -1.04. The van der Waals surface area contributed by atoms with Crippen LogP contribution < -0.4 is 5.56 Å². The van der Waals surface area contributed by atoms with Gasteiger partial charge >= 0.3 is 5.97 Å². The smallest absolute Gasteiger partial charge is 0.336 e. The van der Waals surface area contributed by atoms with Crippen molar-refractivity contribution in [3.05, 3.63) is 86.6 Å². The Balaban J connectivity index is 1.79. The molecule has 0 amide bonds. The van der Waals surface area contributed by atoms with Crippen LogP contribution in [0.5, 0.6) is 0 Å². The lowest BCUT2D eigenvalue weighted by Gasteiger charge is -2.20. The van der Waals surface area contributed by atoms with Crippen molar-refractivity contribution in [3.63, 3.8) is 0 Å². The summed E-state index contributed by atoms with van der Waals surface area (Å²) in [5.41, 5.74) is 0.470. The zero-order chi connectivity index (χ0) is 23.0. The van der Waals surface area contributed by atoms with Crippen molar-refractivity contribution in [1.29, 1.82) is 0 Å². The summed E-state index contributed by atoms with van der Waals surface area (Å²) in [7, 11) is 0. The van der Waals surface area contributed by atoms with Gasteiger partial charge in [-0.25, -0.2) is 9.78 Å². The molecule has 0 bridgehead atoms. The van der Waals surface area contributed by atoms with E-state index in [1.165, 1.54) is 17.0 Å². The highest BCUT2D eigenvalue weighted by molar-refractivity contribution is 9.10. The lowest BCUT2D eigenvalue weighted by molar-refractivity contribution is 0.0697. The molecule has 0 spiro atoms. The van der Waals surface area contributed by atoms with E-state index in [9.17, 15) is 14.7 Å². The van der Waals surface area contributed by atoms with Gasteiger partial charge in [-0.05, 0) is 36.4 Å². The fraction of sp³-hybridized carbons (Fsp3) is 0.167. The number of benzene rings is 2. The number of carboxylic acids is 1. The fourth-order valence-electron chi connectivity index (χ4n) is 3.31. The molecule has 0 aliphatic heterocycles. The zero-order valence-corrected chi connectivity index (χ0v) is 19.3. The Morgan fingerprint density at radius 3 is 2.62 bits per heavy atom. The zero-order valence-electron chi connectivity index (χ0n) is 17.7. The summed E-state index contributed by atoms with van der Waals surface area (Å²) in [5.74, 6) is 0.244. The summed E-state index contributed by atoms with van der Waals surface area (Å²) in [6.45, 7) is 5.87. The van der Waals surface area contributed by atoms with E-state index in [1.54, 1.807) is 42.5 Å². The molecule has 0 unspecified atom stereocenters. The van der Waals surface area contributed by atoms with Gasteiger partial charge in [-0.2, -0.15) is 9.78 Å². The van der Waals surface area contributed by atoms with E-state index in [2.05, 4.69) is 26.0 Å². The number of carboxylic acid groups (broad SMARTS) is 1. The molecule has 2 aromatic carbocycles. The normalized spacial score (nSPS) is 12.0. The third kappa shape index (κ3) is 4.13. The van der Waals surface area contributed by atoms with Crippen molar-refractivity contribution < 1.29 is 14.3 Å². The predicted molar refractivity (Wildman–Crippen MR) is 126 cm³/mol. The number of hydrogen-bond acceptors (Lipinski definition) is 5. The molecule has 4 aromatic rings. The summed E-state index contributed by atoms with van der Waals surface area (Å²) in [5, 5.41) is 14.2. The number of hydrogen-bond donors (Lipinski definition) is 1. The largest absolute Gasteiger partial charge is 0.478 e. The van der Waals surface area contributed by atoms with E-state index < -0.39 is 11.4 Å². The Bertz CT molecular complexity index is 1430. The number of fused-ring (bicyclic) bond motifs is 1. The molecule has 8 heteroatoms. The summed E-state index contributed by atoms with van der Waals surface area (Å²) in [6.07, 6.45) is 1.43. The summed E-state index contributed by atoms with van der Waals surface area (Å²) in [6, 6.07) is 15.3. The molecule has 0 fully saturated rings. The highest BCUT2D eigenvalue weighted by Crippen LogP contribution is 2.26. The first kappa shape index (κ1) is 21.7. The molecule has 0 aliphatic rings. The quantitative estimate of drug-likeness (QED) is 0.389. The van der Waals surface area contributed by atoms with E-state index in [4.69, 9.17) is 4.42 Å². The van der Waals surface area contributed by atoms with Crippen molar-refractivity contribution >= 4 is 39.0 Å². The summed E-state index contributed by atoms with van der Waals surface area (Å²) >= 11 is 3.39. The van der Waals surface area contributed by atoms with Crippen LogP contribution in [0, 0.1) is 0 Å². The number of furan rings is 1. The van der Waals surface area contributed by atoms with E-state index in [0.717, 1.165) is 4.47 Å². The average Bonchev–Trinajstić information content (AvgIpc) is 3.21. The Hall–Kier alpha value is -3.52. The van der Waals surface area contributed by atoms with Crippen molar-refractivity contribution in [2.24, 2.45) is 5.10 Å². The molecule has 0 saturated heterocycles. The second kappa shape index (κ2) is 8.20. The Morgan fingerprint density at radius 2 is 1.91 bits per heavy atom. The average molecular weight is 494 g/mol. The van der Waals surface area contributed by atoms with E-state index >= 15 is 0 Å². The van der Waals surface area contributed by atoms with Crippen LogP contribution in [-0.4, -0.2) is 27.0 Å². The van der Waals surface area contributed by atoms with Gasteiger partial charge in [0.2, 0.25) is 0 Å². The first-order chi connectivity index (χ1) is 15.1. The topological polar surface area (TPSA) is 97.7 Å². The van der Waals surface area contributed by atoms with E-state index in [0.29, 0.717) is 33.8 Å². The third-order valence-electron chi connectivity index (χ3n) is 4.83. The van der Waals surface area contributed by atoms with Crippen LogP contribution >= 0.6 is 15.9 Å². The Morgan fingerprint density at radius 1 is 1.16 bits per heavy atom. The molecule has 4 rings (SSSR count). The van der Waals surface area contributed by atoms with Gasteiger partial charge in [-0.15, -0.1) is 0 Å². The van der Waals surface area contributed by atoms with Crippen LogP contribution in [0.3, 0.4) is 0 Å². The number of halogens is 1. The van der Waals surface area contributed by atoms with Crippen molar-refractivity contribution in [2.75, 3.05) is 0 Å². The standard InChI is InChI=1S/C24H20BrN3O4/c1-24(2,3)23-27-19-10-8-14(25)12-18(19)21(29)28(23)26-13-15-9-11-20(32-15)16-6-4-5-7-17(16)22(30)31/h4-13H,1-3H3,(H,30,31). The maximum absolute atomic E-state index is 13.2. The Labute approximate surface area is 192 Å². The van der Waals surface area contributed by atoms with E-state index in [1.807, 2.05) is 26.8 Å². The number of rotatable bonds is 4. The first-order valence-electron chi connectivity index (χ1n) is 9.85. The maximum Gasteiger partial charge on any atom is 0.336 e. The number of carbonyl (C=O) groups is 1.